The molecule has 0 atom stereocenters. The van der Waals surface area contributed by atoms with Gasteiger partial charge in [-0.15, -0.1) is 0 Å². The Morgan fingerprint density at radius 3 is 2.73 bits per heavy atom. The number of benzene rings is 1. The highest BCUT2D eigenvalue weighted by atomic mass is 16.7. The Morgan fingerprint density at radius 2 is 1.82 bits per heavy atom. The topological polar surface area (TPSA) is 59.5 Å². The number of fused-ring (bicyclic) bond motifs is 1. The first-order valence-corrected chi connectivity index (χ1v) is 7.62. The summed E-state index contributed by atoms with van der Waals surface area (Å²) in [5.74, 6) is 3.31. The molecule has 1 N–H and O–H groups in total. The van der Waals surface area contributed by atoms with Crippen LogP contribution in [0.1, 0.15) is 19.3 Å². The third-order valence-electron chi connectivity index (χ3n) is 3.98. The monoisotopic (exact) mass is 298 g/mol. The van der Waals surface area contributed by atoms with E-state index < -0.39 is 0 Å². The van der Waals surface area contributed by atoms with Crippen LogP contribution in [0, 0.1) is 0 Å². The first-order valence-electron chi connectivity index (χ1n) is 7.62. The molecule has 1 fully saturated rings. The highest BCUT2D eigenvalue weighted by Crippen LogP contribution is 2.35. The number of ether oxygens (including phenoxy) is 2. The molecule has 0 amide bonds. The zero-order valence-electron chi connectivity index (χ0n) is 12.3. The van der Waals surface area contributed by atoms with Gasteiger partial charge < -0.3 is 19.7 Å². The molecule has 0 spiro atoms. The van der Waals surface area contributed by atoms with Gasteiger partial charge in [0.1, 0.15) is 18.0 Å². The fourth-order valence-corrected chi connectivity index (χ4v) is 2.83. The summed E-state index contributed by atoms with van der Waals surface area (Å²) < 4.78 is 10.7. The lowest BCUT2D eigenvalue weighted by Crippen LogP contribution is -2.30. The van der Waals surface area contributed by atoms with E-state index in [-0.39, 0.29) is 6.79 Å². The summed E-state index contributed by atoms with van der Waals surface area (Å²) in [7, 11) is 0. The van der Waals surface area contributed by atoms with Crippen LogP contribution in [0.2, 0.25) is 0 Å². The van der Waals surface area contributed by atoms with E-state index in [1.165, 1.54) is 19.3 Å². The molecular formula is C16H18N4O2. The molecule has 114 valence electrons. The maximum absolute atomic E-state index is 5.39. The van der Waals surface area contributed by atoms with Crippen molar-refractivity contribution in [3.63, 3.8) is 0 Å². The molecule has 0 unspecified atom stereocenters. The average molecular weight is 298 g/mol. The lowest BCUT2D eigenvalue weighted by atomic mass is 10.1. The van der Waals surface area contributed by atoms with Gasteiger partial charge in [0.2, 0.25) is 6.79 Å². The number of hydrogen-bond donors (Lipinski definition) is 1. The first kappa shape index (κ1) is 13.2. The molecule has 1 aromatic carbocycles. The van der Waals surface area contributed by atoms with Crippen molar-refractivity contribution >= 4 is 17.3 Å². The van der Waals surface area contributed by atoms with Gasteiger partial charge in [-0.25, -0.2) is 9.97 Å². The van der Waals surface area contributed by atoms with Crippen molar-refractivity contribution in [1.29, 1.82) is 0 Å². The summed E-state index contributed by atoms with van der Waals surface area (Å²) in [5, 5.41) is 3.30. The van der Waals surface area contributed by atoms with Gasteiger partial charge >= 0.3 is 0 Å². The quantitative estimate of drug-likeness (QED) is 0.940. The molecule has 2 aliphatic heterocycles. The Bertz CT molecular complexity index is 671. The molecule has 1 aromatic heterocycles. The minimum atomic E-state index is 0.283. The van der Waals surface area contributed by atoms with Gasteiger partial charge in [-0.2, -0.15) is 0 Å². The van der Waals surface area contributed by atoms with Crippen LogP contribution in [0.25, 0.3) is 0 Å². The van der Waals surface area contributed by atoms with E-state index in [1.54, 1.807) is 6.33 Å². The molecule has 0 bridgehead atoms. The Balaban J connectivity index is 1.53. The minimum Gasteiger partial charge on any atom is -0.454 e. The van der Waals surface area contributed by atoms with Gasteiger partial charge in [0.15, 0.2) is 11.5 Å². The normalized spacial score (nSPS) is 16.6. The van der Waals surface area contributed by atoms with Gasteiger partial charge in [-0.1, -0.05) is 0 Å². The van der Waals surface area contributed by atoms with E-state index in [0.29, 0.717) is 0 Å². The maximum Gasteiger partial charge on any atom is 0.231 e. The number of aromatic nitrogens is 2. The number of hydrogen-bond acceptors (Lipinski definition) is 6. The van der Waals surface area contributed by atoms with Crippen LogP contribution in [0.4, 0.5) is 17.3 Å². The number of rotatable bonds is 3. The zero-order chi connectivity index (χ0) is 14.8. The SMILES string of the molecule is c1nc(Nc2ccc3c(c2)OCO3)cc(N2CCCCC2)n1. The summed E-state index contributed by atoms with van der Waals surface area (Å²) >= 11 is 0. The molecule has 0 radical (unpaired) electrons. The predicted molar refractivity (Wildman–Crippen MR) is 83.9 cm³/mol. The van der Waals surface area contributed by atoms with Gasteiger partial charge in [0.25, 0.3) is 0 Å². The molecule has 6 nitrogen and oxygen atoms in total. The molecule has 2 aliphatic rings. The fourth-order valence-electron chi connectivity index (χ4n) is 2.83. The van der Waals surface area contributed by atoms with Crippen molar-refractivity contribution in [2.24, 2.45) is 0 Å². The van der Waals surface area contributed by atoms with E-state index in [2.05, 4.69) is 20.2 Å². The van der Waals surface area contributed by atoms with Crippen molar-refractivity contribution in [2.45, 2.75) is 19.3 Å². The predicted octanol–water partition coefficient (Wildman–Crippen LogP) is 2.94. The smallest absolute Gasteiger partial charge is 0.231 e. The Kier molecular flexibility index (Phi) is 3.42. The second-order valence-corrected chi connectivity index (χ2v) is 5.50. The molecule has 22 heavy (non-hydrogen) atoms. The molecule has 1 saturated heterocycles. The third kappa shape index (κ3) is 2.64. The lowest BCUT2D eigenvalue weighted by molar-refractivity contribution is 0.174. The van der Waals surface area contributed by atoms with Crippen LogP contribution >= 0.6 is 0 Å². The summed E-state index contributed by atoms with van der Waals surface area (Å²) in [6.45, 7) is 2.42. The second-order valence-electron chi connectivity index (χ2n) is 5.50. The van der Waals surface area contributed by atoms with Crippen LogP contribution in [-0.2, 0) is 0 Å². The van der Waals surface area contributed by atoms with E-state index >= 15 is 0 Å². The number of nitrogens with one attached hydrogen (secondary N) is 1. The van der Waals surface area contributed by atoms with E-state index in [1.807, 2.05) is 24.3 Å². The van der Waals surface area contributed by atoms with Crippen molar-refractivity contribution in [3.05, 3.63) is 30.6 Å². The maximum atomic E-state index is 5.39. The van der Waals surface area contributed by atoms with Crippen molar-refractivity contribution in [3.8, 4) is 11.5 Å². The largest absolute Gasteiger partial charge is 0.454 e. The van der Waals surface area contributed by atoms with Crippen molar-refractivity contribution in [2.75, 3.05) is 30.1 Å². The Morgan fingerprint density at radius 1 is 0.955 bits per heavy atom. The second kappa shape index (κ2) is 5.71. The van der Waals surface area contributed by atoms with Crippen LogP contribution in [0.3, 0.4) is 0 Å². The first-order chi connectivity index (χ1) is 10.9. The zero-order valence-corrected chi connectivity index (χ0v) is 12.3. The lowest BCUT2D eigenvalue weighted by Gasteiger charge is -2.27. The highest BCUT2D eigenvalue weighted by molar-refractivity contribution is 5.63. The van der Waals surface area contributed by atoms with Crippen LogP contribution in [0.5, 0.6) is 11.5 Å². The molecule has 4 rings (SSSR count). The summed E-state index contributed by atoms with van der Waals surface area (Å²) in [6, 6.07) is 7.77. The van der Waals surface area contributed by atoms with Gasteiger partial charge in [-0.3, -0.25) is 0 Å². The van der Waals surface area contributed by atoms with Crippen LogP contribution in [0.15, 0.2) is 30.6 Å². The minimum absolute atomic E-state index is 0.283. The Hall–Kier alpha value is -2.50. The molecule has 0 aliphatic carbocycles. The molecule has 6 heteroatoms. The van der Waals surface area contributed by atoms with Gasteiger partial charge in [-0.05, 0) is 31.4 Å². The van der Waals surface area contributed by atoms with Crippen LogP contribution in [-0.4, -0.2) is 29.9 Å². The highest BCUT2D eigenvalue weighted by Gasteiger charge is 2.15. The summed E-state index contributed by atoms with van der Waals surface area (Å²) in [4.78, 5) is 11.0. The van der Waals surface area contributed by atoms with E-state index in [0.717, 1.165) is 41.9 Å². The number of nitrogens with zero attached hydrogens (tertiary/aromatic N) is 3. The fraction of sp³-hybridized carbons (Fsp3) is 0.375. The molecular weight excluding hydrogens is 280 g/mol. The van der Waals surface area contributed by atoms with Crippen LogP contribution < -0.4 is 19.7 Å². The van der Waals surface area contributed by atoms with Gasteiger partial charge in [0, 0.05) is 30.9 Å². The average Bonchev–Trinajstić information content (AvgIpc) is 3.04. The number of anilines is 3. The van der Waals surface area contributed by atoms with Gasteiger partial charge in [0.05, 0.1) is 0 Å². The van der Waals surface area contributed by atoms with E-state index in [4.69, 9.17) is 9.47 Å². The molecule has 0 saturated carbocycles. The summed E-state index contributed by atoms with van der Waals surface area (Å²) in [6.07, 6.45) is 5.38. The Labute approximate surface area is 129 Å². The van der Waals surface area contributed by atoms with Crippen molar-refractivity contribution in [1.82, 2.24) is 9.97 Å². The number of piperidine rings is 1. The summed E-state index contributed by atoms with van der Waals surface area (Å²) in [5.41, 5.74) is 0.924. The molecule has 3 heterocycles. The standard InChI is InChI=1S/C16H18N4O2/c1-2-6-20(7-3-1)16-9-15(17-10-18-16)19-12-4-5-13-14(8-12)22-11-21-13/h4-5,8-10H,1-3,6-7,11H2,(H,17,18,19). The van der Waals surface area contributed by atoms with E-state index in [9.17, 15) is 0 Å². The third-order valence-corrected chi connectivity index (χ3v) is 3.98. The molecule has 2 aromatic rings. The van der Waals surface area contributed by atoms with Crippen molar-refractivity contribution < 1.29 is 9.47 Å².